The molecule has 0 N–H and O–H groups in total. The van der Waals surface area contributed by atoms with E-state index in [0.717, 1.165) is 38.1 Å². The van der Waals surface area contributed by atoms with Gasteiger partial charge < -0.3 is 8.98 Å². The summed E-state index contributed by atoms with van der Waals surface area (Å²) in [5.74, 6) is 2.23. The number of nitriles is 1. The average molecular weight is 375 g/mol. The molecule has 0 saturated heterocycles. The number of fused-ring (bicyclic) bond motifs is 1. The van der Waals surface area contributed by atoms with Gasteiger partial charge in [-0.3, -0.25) is 10.1 Å². The van der Waals surface area contributed by atoms with Gasteiger partial charge in [-0.15, -0.1) is 10.2 Å². The number of rotatable bonds is 4. The number of allylic oxidation sites excluding steroid dienone is 1. The second kappa shape index (κ2) is 7.48. The number of hydrogen-bond donors (Lipinski definition) is 0. The molecule has 1 aromatic carbocycles. The minimum Gasteiger partial charge on any atom is -0.456 e. The number of aromatic nitrogens is 3. The largest absolute Gasteiger partial charge is 0.456 e. The summed E-state index contributed by atoms with van der Waals surface area (Å²) >= 11 is 0. The van der Waals surface area contributed by atoms with E-state index in [1.807, 2.05) is 4.57 Å². The van der Waals surface area contributed by atoms with Gasteiger partial charge in [-0.05, 0) is 31.0 Å². The Kier molecular flexibility index (Phi) is 4.72. The Morgan fingerprint density at radius 1 is 1.21 bits per heavy atom. The number of benzene rings is 1. The van der Waals surface area contributed by atoms with E-state index in [0.29, 0.717) is 28.5 Å². The summed E-state index contributed by atoms with van der Waals surface area (Å²) in [6, 6.07) is 11.9. The van der Waals surface area contributed by atoms with Crippen LogP contribution in [0.15, 0.2) is 40.8 Å². The molecule has 140 valence electrons. The Balaban J connectivity index is 1.70. The van der Waals surface area contributed by atoms with E-state index >= 15 is 0 Å². The fraction of sp³-hybridized carbons (Fsp3) is 0.250. The van der Waals surface area contributed by atoms with E-state index in [1.165, 1.54) is 6.07 Å². The summed E-state index contributed by atoms with van der Waals surface area (Å²) in [5, 5.41) is 29.3. The van der Waals surface area contributed by atoms with E-state index in [9.17, 15) is 15.4 Å². The Hall–Kier alpha value is -3.73. The fourth-order valence-electron chi connectivity index (χ4n) is 3.39. The average Bonchev–Trinajstić information content (AvgIpc) is 3.27. The van der Waals surface area contributed by atoms with E-state index < -0.39 is 4.92 Å². The molecule has 28 heavy (non-hydrogen) atoms. The number of nitro benzene ring substituents is 1. The molecule has 0 fully saturated rings. The highest BCUT2D eigenvalue weighted by Crippen LogP contribution is 2.32. The Bertz CT molecular complexity index is 1100. The molecule has 0 amide bonds. The van der Waals surface area contributed by atoms with Gasteiger partial charge in [0.05, 0.1) is 10.5 Å². The molecule has 0 unspecified atom stereocenters. The van der Waals surface area contributed by atoms with Crippen molar-refractivity contribution in [3.8, 4) is 17.4 Å². The number of nitrogens with zero attached hydrogens (tertiary/aromatic N) is 5. The fourth-order valence-corrected chi connectivity index (χ4v) is 3.39. The van der Waals surface area contributed by atoms with Gasteiger partial charge in [-0.1, -0.05) is 18.6 Å². The second-order valence-electron chi connectivity index (χ2n) is 6.55. The molecule has 0 bridgehead atoms. The lowest BCUT2D eigenvalue weighted by Crippen LogP contribution is -2.05. The van der Waals surface area contributed by atoms with Crippen molar-refractivity contribution in [1.82, 2.24) is 14.8 Å². The highest BCUT2D eigenvalue weighted by Gasteiger charge is 2.19. The van der Waals surface area contributed by atoms with Gasteiger partial charge in [0.1, 0.15) is 29.0 Å². The standard InChI is InChI=1S/C20H17N5O3/c21-13-14(20-23-22-19-8-2-1-5-11-24(19)20)12-15-9-10-18(28-15)16-6-3-4-7-17(16)25(26)27/h3-4,6-7,9-10,12H,1-2,5,8,11H2/b14-12+. The molecule has 0 radical (unpaired) electrons. The zero-order chi connectivity index (χ0) is 19.5. The molecule has 0 atom stereocenters. The lowest BCUT2D eigenvalue weighted by Gasteiger charge is -2.05. The monoisotopic (exact) mass is 375 g/mol. The quantitative estimate of drug-likeness (QED) is 0.383. The normalized spacial score (nSPS) is 14.2. The summed E-state index contributed by atoms with van der Waals surface area (Å²) in [6.07, 6.45) is 5.68. The van der Waals surface area contributed by atoms with E-state index in [1.54, 1.807) is 36.4 Å². The summed E-state index contributed by atoms with van der Waals surface area (Å²) in [5.41, 5.74) is 0.710. The number of aryl methyl sites for hydroxylation is 1. The number of hydrogen-bond acceptors (Lipinski definition) is 6. The van der Waals surface area contributed by atoms with Gasteiger partial charge in [0.25, 0.3) is 5.69 Å². The molecule has 0 spiro atoms. The molecular formula is C20H17N5O3. The predicted molar refractivity (Wildman–Crippen MR) is 102 cm³/mol. The summed E-state index contributed by atoms with van der Waals surface area (Å²) < 4.78 is 7.76. The minimum absolute atomic E-state index is 0.0318. The maximum absolute atomic E-state index is 11.2. The molecular weight excluding hydrogens is 358 g/mol. The first-order valence-corrected chi connectivity index (χ1v) is 9.05. The maximum Gasteiger partial charge on any atom is 0.280 e. The van der Waals surface area contributed by atoms with Crippen molar-refractivity contribution in [3.63, 3.8) is 0 Å². The lowest BCUT2D eigenvalue weighted by atomic mass is 10.1. The van der Waals surface area contributed by atoms with E-state index in [-0.39, 0.29) is 5.69 Å². The van der Waals surface area contributed by atoms with Crippen molar-refractivity contribution in [2.24, 2.45) is 0 Å². The van der Waals surface area contributed by atoms with Crippen LogP contribution < -0.4 is 0 Å². The molecule has 1 aliphatic heterocycles. The summed E-state index contributed by atoms with van der Waals surface area (Å²) in [6.45, 7) is 0.788. The molecule has 8 nitrogen and oxygen atoms in total. The van der Waals surface area contributed by atoms with Crippen molar-refractivity contribution in [3.05, 3.63) is 63.9 Å². The van der Waals surface area contributed by atoms with Gasteiger partial charge >= 0.3 is 0 Å². The first-order valence-electron chi connectivity index (χ1n) is 9.05. The Morgan fingerprint density at radius 2 is 2.07 bits per heavy atom. The van der Waals surface area contributed by atoms with Gasteiger partial charge in [0.2, 0.25) is 0 Å². The molecule has 8 heteroatoms. The lowest BCUT2D eigenvalue weighted by molar-refractivity contribution is -0.384. The molecule has 0 aliphatic carbocycles. The summed E-state index contributed by atoms with van der Waals surface area (Å²) in [4.78, 5) is 10.8. The first kappa shape index (κ1) is 17.7. The third-order valence-corrected chi connectivity index (χ3v) is 4.75. The highest BCUT2D eigenvalue weighted by atomic mass is 16.6. The molecule has 0 saturated carbocycles. The van der Waals surface area contributed by atoms with Crippen LogP contribution in [-0.2, 0) is 13.0 Å². The summed E-state index contributed by atoms with van der Waals surface area (Å²) in [7, 11) is 0. The van der Waals surface area contributed by atoms with E-state index in [4.69, 9.17) is 4.42 Å². The highest BCUT2D eigenvalue weighted by molar-refractivity contribution is 5.86. The van der Waals surface area contributed by atoms with Crippen LogP contribution in [0.25, 0.3) is 23.0 Å². The van der Waals surface area contributed by atoms with Gasteiger partial charge in [-0.25, -0.2) is 0 Å². The van der Waals surface area contributed by atoms with Crippen LogP contribution in [0.5, 0.6) is 0 Å². The van der Waals surface area contributed by atoms with Gasteiger partial charge in [0.15, 0.2) is 5.82 Å². The van der Waals surface area contributed by atoms with Crippen molar-refractivity contribution in [2.75, 3.05) is 0 Å². The second-order valence-corrected chi connectivity index (χ2v) is 6.55. The van der Waals surface area contributed by atoms with Gasteiger partial charge in [0, 0.05) is 25.1 Å². The van der Waals surface area contributed by atoms with Crippen LogP contribution in [-0.4, -0.2) is 19.7 Å². The Morgan fingerprint density at radius 3 is 2.89 bits per heavy atom. The van der Waals surface area contributed by atoms with Crippen molar-refractivity contribution >= 4 is 17.3 Å². The third kappa shape index (κ3) is 3.30. The van der Waals surface area contributed by atoms with Crippen molar-refractivity contribution < 1.29 is 9.34 Å². The van der Waals surface area contributed by atoms with Crippen LogP contribution in [0.2, 0.25) is 0 Å². The Labute approximate surface area is 160 Å². The number of furan rings is 1. The van der Waals surface area contributed by atoms with Crippen LogP contribution >= 0.6 is 0 Å². The number of para-hydroxylation sites is 1. The molecule has 4 rings (SSSR count). The van der Waals surface area contributed by atoms with Crippen LogP contribution in [0, 0.1) is 21.4 Å². The predicted octanol–water partition coefficient (Wildman–Crippen LogP) is 4.24. The minimum atomic E-state index is -0.445. The molecule has 3 heterocycles. The van der Waals surface area contributed by atoms with Gasteiger partial charge in [-0.2, -0.15) is 5.26 Å². The SMILES string of the molecule is N#C/C(=C\c1ccc(-c2ccccc2[N+](=O)[O-])o1)c1nnc2n1CCCCC2. The van der Waals surface area contributed by atoms with Crippen LogP contribution in [0.4, 0.5) is 5.69 Å². The zero-order valence-electron chi connectivity index (χ0n) is 15.0. The molecule has 3 aromatic rings. The smallest absolute Gasteiger partial charge is 0.280 e. The number of nitro groups is 1. The van der Waals surface area contributed by atoms with Crippen molar-refractivity contribution in [1.29, 1.82) is 5.26 Å². The third-order valence-electron chi connectivity index (χ3n) is 4.75. The van der Waals surface area contributed by atoms with Crippen LogP contribution in [0.3, 0.4) is 0 Å². The zero-order valence-corrected chi connectivity index (χ0v) is 15.0. The van der Waals surface area contributed by atoms with Crippen molar-refractivity contribution in [2.45, 2.75) is 32.2 Å². The molecule has 1 aliphatic rings. The van der Waals surface area contributed by atoms with Crippen LogP contribution in [0.1, 0.15) is 36.7 Å². The van der Waals surface area contributed by atoms with E-state index in [2.05, 4.69) is 16.3 Å². The maximum atomic E-state index is 11.2. The topological polar surface area (TPSA) is 111 Å². The molecule has 2 aromatic heterocycles. The first-order chi connectivity index (χ1) is 13.7.